The molecule has 1 radical (unpaired) electrons. The summed E-state index contributed by atoms with van der Waals surface area (Å²) >= 11 is 0. The van der Waals surface area contributed by atoms with E-state index in [0.29, 0.717) is 6.61 Å². The highest BCUT2D eigenvalue weighted by Gasteiger charge is 2.02. The summed E-state index contributed by atoms with van der Waals surface area (Å²) < 4.78 is 4.52. The van der Waals surface area contributed by atoms with E-state index in [9.17, 15) is 9.59 Å². The minimum absolute atomic E-state index is 0.147. The molecule has 0 atom stereocenters. The second kappa shape index (κ2) is 5.67. The van der Waals surface area contributed by atoms with Crippen LogP contribution in [0.1, 0.15) is 6.92 Å². The summed E-state index contributed by atoms with van der Waals surface area (Å²) in [6.45, 7) is 1.48. The quantitative estimate of drug-likeness (QED) is 0.531. The molecule has 5 heteroatoms. The zero-order valence-corrected chi connectivity index (χ0v) is 6.35. The van der Waals surface area contributed by atoms with Crippen molar-refractivity contribution >= 4 is 11.9 Å². The highest BCUT2D eigenvalue weighted by molar-refractivity contribution is 5.82. The zero-order chi connectivity index (χ0) is 8.69. The summed E-state index contributed by atoms with van der Waals surface area (Å²) in [7, 11) is 0. The minimum Gasteiger partial charge on any atom is -0.465 e. The van der Waals surface area contributed by atoms with Gasteiger partial charge in [0.2, 0.25) is 5.91 Å². The van der Waals surface area contributed by atoms with Gasteiger partial charge in [-0.1, -0.05) is 0 Å². The lowest BCUT2D eigenvalue weighted by Crippen LogP contribution is -2.32. The number of ether oxygens (including phenoxy) is 1. The number of nitrogens with one attached hydrogen (secondary N) is 2. The number of hydrogen-bond donors (Lipinski definition) is 1. The summed E-state index contributed by atoms with van der Waals surface area (Å²) in [4.78, 5) is 21.0. The van der Waals surface area contributed by atoms with E-state index >= 15 is 0 Å². The second-order valence-corrected chi connectivity index (χ2v) is 1.76. The minimum atomic E-state index is -0.477. The van der Waals surface area contributed by atoms with Gasteiger partial charge < -0.3 is 10.1 Å². The molecule has 0 bridgehead atoms. The van der Waals surface area contributed by atoms with Crippen molar-refractivity contribution in [3.05, 3.63) is 0 Å². The van der Waals surface area contributed by atoms with Crippen molar-refractivity contribution in [2.24, 2.45) is 0 Å². The molecule has 0 saturated carbocycles. The van der Waals surface area contributed by atoms with Gasteiger partial charge in [-0.3, -0.25) is 9.59 Å². The van der Waals surface area contributed by atoms with Crippen LogP contribution in [-0.2, 0) is 14.3 Å². The largest absolute Gasteiger partial charge is 0.465 e. The fourth-order valence-electron chi connectivity index (χ4n) is 0.445. The van der Waals surface area contributed by atoms with E-state index in [1.165, 1.54) is 0 Å². The molecule has 63 valence electrons. The monoisotopic (exact) mass is 159 g/mol. The van der Waals surface area contributed by atoms with Gasteiger partial charge in [0.05, 0.1) is 13.2 Å². The summed E-state index contributed by atoms with van der Waals surface area (Å²) in [6.07, 6.45) is 0. The topological polar surface area (TPSA) is 79.2 Å². The van der Waals surface area contributed by atoms with E-state index in [1.54, 1.807) is 6.92 Å². The van der Waals surface area contributed by atoms with E-state index in [2.05, 4.69) is 10.1 Å². The average molecular weight is 159 g/mol. The van der Waals surface area contributed by atoms with Crippen molar-refractivity contribution in [1.29, 1.82) is 0 Å². The lowest BCUT2D eigenvalue weighted by atomic mass is 10.5. The smallest absolute Gasteiger partial charge is 0.325 e. The fraction of sp³-hybridized carbons (Fsp3) is 0.667. The van der Waals surface area contributed by atoms with Gasteiger partial charge in [-0.2, -0.15) is 0 Å². The van der Waals surface area contributed by atoms with Crippen LogP contribution in [0.25, 0.3) is 0 Å². The van der Waals surface area contributed by atoms with Crippen molar-refractivity contribution in [3.63, 3.8) is 0 Å². The summed E-state index contributed by atoms with van der Waals surface area (Å²) in [6, 6.07) is 0. The molecule has 2 N–H and O–H groups in total. The first-order chi connectivity index (χ1) is 5.20. The van der Waals surface area contributed by atoms with Gasteiger partial charge in [0.15, 0.2) is 0 Å². The lowest BCUT2D eigenvalue weighted by Gasteiger charge is -2.01. The highest BCUT2D eigenvalue weighted by Crippen LogP contribution is 1.74. The summed E-state index contributed by atoms with van der Waals surface area (Å²) in [5, 5.41) is 2.22. The van der Waals surface area contributed by atoms with Crippen LogP contribution in [0.4, 0.5) is 0 Å². The van der Waals surface area contributed by atoms with E-state index in [4.69, 9.17) is 5.73 Å². The van der Waals surface area contributed by atoms with Crippen LogP contribution in [0.15, 0.2) is 0 Å². The molecule has 0 aliphatic rings. The predicted octanol–water partition coefficient (Wildman–Crippen LogP) is -1.05. The molecule has 0 aliphatic carbocycles. The molecular weight excluding hydrogens is 148 g/mol. The number of hydrogen-bond acceptors (Lipinski definition) is 3. The van der Waals surface area contributed by atoms with Gasteiger partial charge in [0.25, 0.3) is 0 Å². The van der Waals surface area contributed by atoms with Crippen molar-refractivity contribution in [2.45, 2.75) is 6.92 Å². The zero-order valence-electron chi connectivity index (χ0n) is 6.35. The maximum Gasteiger partial charge on any atom is 0.325 e. The van der Waals surface area contributed by atoms with Crippen LogP contribution in [0, 0.1) is 0 Å². The van der Waals surface area contributed by atoms with Gasteiger partial charge in [-0.15, -0.1) is 0 Å². The molecule has 0 saturated heterocycles. The number of rotatable bonds is 4. The molecule has 0 unspecified atom stereocenters. The Balaban J connectivity index is 3.38. The van der Waals surface area contributed by atoms with Gasteiger partial charge >= 0.3 is 5.97 Å². The molecule has 5 nitrogen and oxygen atoms in total. The first-order valence-corrected chi connectivity index (χ1v) is 3.27. The number of carbonyl (C=O) groups excluding carboxylic acids is 2. The Kier molecular flexibility index (Phi) is 5.10. The SMILES string of the molecule is CCOC(=O)CNC(=O)C[NH]. The maximum absolute atomic E-state index is 10.6. The van der Waals surface area contributed by atoms with E-state index < -0.39 is 11.9 Å². The third-order valence-electron chi connectivity index (χ3n) is 0.896. The lowest BCUT2D eigenvalue weighted by molar-refractivity contribution is -0.143. The van der Waals surface area contributed by atoms with Crippen LogP contribution in [0.3, 0.4) is 0 Å². The van der Waals surface area contributed by atoms with Crippen molar-refractivity contribution in [1.82, 2.24) is 11.1 Å². The molecule has 0 aromatic carbocycles. The van der Waals surface area contributed by atoms with Crippen LogP contribution in [-0.4, -0.2) is 31.6 Å². The molecule has 0 aromatic rings. The van der Waals surface area contributed by atoms with Crippen LogP contribution >= 0.6 is 0 Å². The Morgan fingerprint density at radius 3 is 2.64 bits per heavy atom. The van der Waals surface area contributed by atoms with Gasteiger partial charge in [0.1, 0.15) is 6.54 Å². The van der Waals surface area contributed by atoms with Gasteiger partial charge in [0, 0.05) is 0 Å². The first-order valence-electron chi connectivity index (χ1n) is 3.27. The third kappa shape index (κ3) is 5.35. The molecule has 0 rings (SSSR count). The summed E-state index contributed by atoms with van der Waals surface area (Å²) in [5.41, 5.74) is 6.59. The van der Waals surface area contributed by atoms with Crippen LogP contribution < -0.4 is 11.1 Å². The number of esters is 1. The number of amides is 1. The Labute approximate surface area is 64.9 Å². The first kappa shape index (κ1) is 9.90. The molecular formula is C6H11N2O3. The molecule has 0 spiro atoms. The Hall–Kier alpha value is -1.10. The number of carbonyl (C=O) groups is 2. The van der Waals surface area contributed by atoms with Gasteiger partial charge in [-0.05, 0) is 6.92 Å². The Bertz CT molecular complexity index is 147. The normalized spacial score (nSPS) is 8.91. The molecule has 0 aliphatic heterocycles. The standard InChI is InChI=1S/C6H11N2O3/c1-2-11-6(10)4-8-5(9)3-7/h7H,2-4H2,1H3,(H,8,9). The van der Waals surface area contributed by atoms with E-state index in [1.807, 2.05) is 0 Å². The molecule has 1 amide bonds. The predicted molar refractivity (Wildman–Crippen MR) is 37.6 cm³/mol. The van der Waals surface area contributed by atoms with Crippen LogP contribution in [0.5, 0.6) is 0 Å². The fourth-order valence-corrected chi connectivity index (χ4v) is 0.445. The molecule has 0 heterocycles. The second-order valence-electron chi connectivity index (χ2n) is 1.76. The van der Waals surface area contributed by atoms with E-state index in [0.717, 1.165) is 0 Å². The molecule has 11 heavy (non-hydrogen) atoms. The maximum atomic E-state index is 10.6. The Morgan fingerprint density at radius 1 is 1.55 bits per heavy atom. The van der Waals surface area contributed by atoms with Gasteiger partial charge in [-0.25, -0.2) is 5.73 Å². The van der Waals surface area contributed by atoms with Crippen molar-refractivity contribution in [2.75, 3.05) is 19.7 Å². The highest BCUT2D eigenvalue weighted by atomic mass is 16.5. The molecule has 0 aromatic heterocycles. The van der Waals surface area contributed by atoms with E-state index in [-0.39, 0.29) is 13.1 Å². The average Bonchev–Trinajstić information content (AvgIpc) is 2.01. The third-order valence-corrected chi connectivity index (χ3v) is 0.896. The molecule has 0 fully saturated rings. The van der Waals surface area contributed by atoms with Crippen molar-refractivity contribution in [3.8, 4) is 0 Å². The van der Waals surface area contributed by atoms with Crippen molar-refractivity contribution < 1.29 is 14.3 Å². The van der Waals surface area contributed by atoms with Crippen LogP contribution in [0.2, 0.25) is 0 Å². The Morgan fingerprint density at radius 2 is 2.18 bits per heavy atom. The summed E-state index contributed by atoms with van der Waals surface area (Å²) in [5.74, 6) is -0.952.